The van der Waals surface area contributed by atoms with Crippen LogP contribution >= 0.6 is 0 Å². The molecule has 8 heteroatoms. The van der Waals surface area contributed by atoms with Gasteiger partial charge in [0, 0.05) is 30.3 Å². The van der Waals surface area contributed by atoms with Crippen LogP contribution in [0.5, 0.6) is 11.5 Å². The van der Waals surface area contributed by atoms with Crippen molar-refractivity contribution in [3.63, 3.8) is 0 Å². The van der Waals surface area contributed by atoms with Crippen molar-refractivity contribution in [2.24, 2.45) is 5.73 Å². The molecule has 0 bridgehead atoms. The van der Waals surface area contributed by atoms with Crippen molar-refractivity contribution < 1.29 is 23.5 Å². The summed E-state index contributed by atoms with van der Waals surface area (Å²) in [6, 6.07) is 16.8. The number of carbonyl (C=O) groups excluding carboxylic acids is 3. The van der Waals surface area contributed by atoms with Crippen LogP contribution in [0, 0.1) is 6.92 Å². The van der Waals surface area contributed by atoms with Crippen LogP contribution in [0.4, 0.5) is 0 Å². The largest absolute Gasteiger partial charge is 0.457 e. The van der Waals surface area contributed by atoms with Gasteiger partial charge in [0.25, 0.3) is 11.8 Å². The van der Waals surface area contributed by atoms with Crippen LogP contribution in [-0.4, -0.2) is 41.8 Å². The quantitative estimate of drug-likeness (QED) is 0.600. The lowest BCUT2D eigenvalue weighted by Crippen LogP contribution is -2.46. The molecule has 3 N–H and O–H groups in total. The maximum absolute atomic E-state index is 12.9. The van der Waals surface area contributed by atoms with Gasteiger partial charge in [0.2, 0.25) is 5.91 Å². The molecule has 1 saturated heterocycles. The van der Waals surface area contributed by atoms with Crippen LogP contribution in [0.25, 0.3) is 0 Å². The zero-order valence-corrected chi connectivity index (χ0v) is 18.2. The molecule has 0 unspecified atom stereocenters. The van der Waals surface area contributed by atoms with E-state index in [0.717, 1.165) is 0 Å². The molecule has 0 aliphatic carbocycles. The molecular formula is C25H25N3O5. The average molecular weight is 447 g/mol. The Morgan fingerprint density at radius 1 is 0.909 bits per heavy atom. The number of piperidine rings is 1. The molecule has 0 atom stereocenters. The molecule has 0 spiro atoms. The van der Waals surface area contributed by atoms with E-state index in [1.807, 2.05) is 0 Å². The fourth-order valence-electron chi connectivity index (χ4n) is 3.71. The van der Waals surface area contributed by atoms with E-state index >= 15 is 0 Å². The minimum atomic E-state index is -0.497. The van der Waals surface area contributed by atoms with Crippen molar-refractivity contribution >= 4 is 17.7 Å². The Balaban J connectivity index is 1.29. The van der Waals surface area contributed by atoms with Gasteiger partial charge < -0.3 is 25.1 Å². The highest BCUT2D eigenvalue weighted by atomic mass is 16.5. The van der Waals surface area contributed by atoms with E-state index in [4.69, 9.17) is 14.9 Å². The lowest BCUT2D eigenvalue weighted by molar-refractivity contribution is 0.0695. The number of ether oxygens (including phenoxy) is 1. The molecule has 4 rings (SSSR count). The summed E-state index contributed by atoms with van der Waals surface area (Å²) in [6.45, 7) is 2.92. The molecule has 2 aromatic carbocycles. The topological polar surface area (TPSA) is 115 Å². The van der Waals surface area contributed by atoms with Gasteiger partial charge >= 0.3 is 0 Å². The molecule has 3 aromatic rings. The van der Waals surface area contributed by atoms with Gasteiger partial charge in [-0.3, -0.25) is 14.4 Å². The molecule has 0 saturated carbocycles. The zero-order chi connectivity index (χ0) is 23.4. The molecule has 1 fully saturated rings. The third kappa shape index (κ3) is 5.41. The van der Waals surface area contributed by atoms with Crippen molar-refractivity contribution in [2.45, 2.75) is 25.8 Å². The van der Waals surface area contributed by atoms with Crippen molar-refractivity contribution in [3.05, 3.63) is 83.3 Å². The second kappa shape index (κ2) is 9.60. The first-order chi connectivity index (χ1) is 15.9. The predicted octanol–water partition coefficient (Wildman–Crippen LogP) is 3.51. The number of nitrogens with two attached hydrogens (primary N) is 1. The van der Waals surface area contributed by atoms with Gasteiger partial charge in [-0.2, -0.15) is 0 Å². The summed E-state index contributed by atoms with van der Waals surface area (Å²) in [5.41, 5.74) is 6.21. The van der Waals surface area contributed by atoms with Crippen molar-refractivity contribution in [3.8, 4) is 11.5 Å². The first kappa shape index (κ1) is 22.1. The highest BCUT2D eigenvalue weighted by Gasteiger charge is 2.25. The normalized spacial score (nSPS) is 14.0. The monoisotopic (exact) mass is 447 g/mol. The van der Waals surface area contributed by atoms with Crippen LogP contribution in [0.3, 0.4) is 0 Å². The SMILES string of the molecule is Cc1ccc(C(=O)NC2CCN(C(=O)c3ccc(Oc4ccc(C(N)=O)cc4)cc3)CC2)o1. The Morgan fingerprint density at radius 2 is 1.48 bits per heavy atom. The lowest BCUT2D eigenvalue weighted by atomic mass is 10.0. The third-order valence-corrected chi connectivity index (χ3v) is 5.56. The second-order valence-corrected chi connectivity index (χ2v) is 7.97. The van der Waals surface area contributed by atoms with Gasteiger partial charge in [-0.05, 0) is 80.4 Å². The fourth-order valence-corrected chi connectivity index (χ4v) is 3.71. The fraction of sp³-hybridized carbons (Fsp3) is 0.240. The number of primary amides is 1. The van der Waals surface area contributed by atoms with Gasteiger partial charge in [-0.25, -0.2) is 0 Å². The Morgan fingerprint density at radius 3 is 2.00 bits per heavy atom. The molecule has 33 heavy (non-hydrogen) atoms. The Labute approximate surface area is 191 Å². The minimum absolute atomic E-state index is 0.00341. The van der Waals surface area contributed by atoms with E-state index in [1.54, 1.807) is 72.5 Å². The molecule has 1 aromatic heterocycles. The number of amides is 3. The number of hydrogen-bond acceptors (Lipinski definition) is 5. The van der Waals surface area contributed by atoms with Gasteiger partial charge in [-0.15, -0.1) is 0 Å². The van der Waals surface area contributed by atoms with Crippen LogP contribution < -0.4 is 15.8 Å². The number of benzene rings is 2. The van der Waals surface area contributed by atoms with E-state index in [9.17, 15) is 14.4 Å². The summed E-state index contributed by atoms with van der Waals surface area (Å²) in [7, 11) is 0. The second-order valence-electron chi connectivity index (χ2n) is 7.97. The summed E-state index contributed by atoms with van der Waals surface area (Å²) in [6.07, 6.45) is 1.36. The summed E-state index contributed by atoms with van der Waals surface area (Å²) < 4.78 is 11.1. The first-order valence-electron chi connectivity index (χ1n) is 10.7. The van der Waals surface area contributed by atoms with Crippen LogP contribution in [-0.2, 0) is 0 Å². The van der Waals surface area contributed by atoms with E-state index in [0.29, 0.717) is 60.1 Å². The summed E-state index contributed by atoms with van der Waals surface area (Å²) in [4.78, 5) is 38.1. The summed E-state index contributed by atoms with van der Waals surface area (Å²) in [5.74, 6) is 1.35. The van der Waals surface area contributed by atoms with Crippen molar-refractivity contribution in [2.75, 3.05) is 13.1 Å². The number of carbonyl (C=O) groups is 3. The van der Waals surface area contributed by atoms with Gasteiger partial charge in [0.05, 0.1) is 0 Å². The Kier molecular flexibility index (Phi) is 6.44. The number of furan rings is 1. The lowest BCUT2D eigenvalue weighted by Gasteiger charge is -2.32. The molecule has 170 valence electrons. The van der Waals surface area contributed by atoms with Gasteiger partial charge in [-0.1, -0.05) is 0 Å². The minimum Gasteiger partial charge on any atom is -0.457 e. The van der Waals surface area contributed by atoms with Gasteiger partial charge in [0.1, 0.15) is 17.3 Å². The number of likely N-dealkylation sites (tertiary alicyclic amines) is 1. The Hall–Kier alpha value is -4.07. The highest BCUT2D eigenvalue weighted by molar-refractivity contribution is 5.95. The van der Waals surface area contributed by atoms with Crippen LogP contribution in [0.2, 0.25) is 0 Å². The molecule has 1 aliphatic heterocycles. The zero-order valence-electron chi connectivity index (χ0n) is 18.2. The number of aryl methyl sites for hydroxylation is 1. The van der Waals surface area contributed by atoms with Crippen LogP contribution in [0.15, 0.2) is 65.1 Å². The smallest absolute Gasteiger partial charge is 0.287 e. The number of hydrogen-bond donors (Lipinski definition) is 2. The maximum atomic E-state index is 12.9. The van der Waals surface area contributed by atoms with Crippen LogP contribution in [0.1, 0.15) is 49.9 Å². The van der Waals surface area contributed by atoms with E-state index in [2.05, 4.69) is 5.32 Å². The average Bonchev–Trinajstić information content (AvgIpc) is 3.26. The number of nitrogens with zero attached hydrogens (tertiary/aromatic N) is 1. The van der Waals surface area contributed by atoms with E-state index in [-0.39, 0.29) is 17.9 Å². The molecule has 8 nitrogen and oxygen atoms in total. The van der Waals surface area contributed by atoms with Gasteiger partial charge in [0.15, 0.2) is 5.76 Å². The maximum Gasteiger partial charge on any atom is 0.287 e. The molecule has 3 amide bonds. The molecule has 0 radical (unpaired) electrons. The highest BCUT2D eigenvalue weighted by Crippen LogP contribution is 2.23. The first-order valence-corrected chi connectivity index (χ1v) is 10.7. The molecule has 1 aliphatic rings. The standard InChI is InChI=1S/C25H25N3O5/c1-16-2-11-22(32-16)24(30)27-19-12-14-28(15-13-19)25(31)18-5-9-21(10-6-18)33-20-7-3-17(4-8-20)23(26)29/h2-11,19H,12-15H2,1H3,(H2,26,29)(H,27,30). The number of rotatable bonds is 6. The summed E-state index contributed by atoms with van der Waals surface area (Å²) in [5, 5.41) is 2.98. The van der Waals surface area contributed by atoms with E-state index < -0.39 is 5.91 Å². The predicted molar refractivity (Wildman–Crippen MR) is 121 cm³/mol. The Bertz CT molecular complexity index is 1140. The molecular weight excluding hydrogens is 422 g/mol. The summed E-state index contributed by atoms with van der Waals surface area (Å²) >= 11 is 0. The van der Waals surface area contributed by atoms with Crippen molar-refractivity contribution in [1.82, 2.24) is 10.2 Å². The van der Waals surface area contributed by atoms with Crippen molar-refractivity contribution in [1.29, 1.82) is 0 Å². The number of nitrogens with one attached hydrogen (secondary N) is 1. The molecule has 2 heterocycles. The van der Waals surface area contributed by atoms with E-state index in [1.165, 1.54) is 0 Å². The third-order valence-electron chi connectivity index (χ3n) is 5.56.